The molecule has 0 aliphatic heterocycles. The van der Waals surface area contributed by atoms with Crippen LogP contribution in [0, 0.1) is 11.3 Å². The van der Waals surface area contributed by atoms with Crippen molar-refractivity contribution in [1.29, 1.82) is 5.26 Å². The zero-order valence-electron chi connectivity index (χ0n) is 10.3. The van der Waals surface area contributed by atoms with Crippen LogP contribution in [0.5, 0.6) is 11.5 Å². The summed E-state index contributed by atoms with van der Waals surface area (Å²) in [5.41, 5.74) is -0.890. The number of benzene rings is 1. The number of phenolic OH excluding ortho intramolecular Hbond substituents is 1. The van der Waals surface area contributed by atoms with E-state index in [0.29, 0.717) is 0 Å². The van der Waals surface area contributed by atoms with Gasteiger partial charge in [-0.1, -0.05) is 6.07 Å². The van der Waals surface area contributed by atoms with Gasteiger partial charge in [-0.2, -0.15) is 5.26 Å². The number of phenols is 1. The zero-order chi connectivity index (χ0) is 15.3. The third-order valence-corrected chi connectivity index (χ3v) is 2.19. The van der Waals surface area contributed by atoms with Crippen LogP contribution in [0.2, 0.25) is 0 Å². The molecular weight excluding hydrogens is 279 g/mol. The number of nitrogens with zero attached hydrogens (tertiary/aromatic N) is 1. The van der Waals surface area contributed by atoms with Gasteiger partial charge in [0.05, 0.1) is 13.0 Å². The molecule has 0 unspecified atom stereocenters. The standard InChI is InChI=1S/C12H10F3NO4/c1-2-19-10(18)5-7-3-4-9(17)8(6-16)11(7)20-12(13,14)15/h3-4,17H,2,5H2,1H3. The molecular formula is C12H10F3NO4. The Balaban J connectivity index is 3.23. The Hall–Kier alpha value is -2.43. The van der Waals surface area contributed by atoms with E-state index in [1.54, 1.807) is 6.92 Å². The molecule has 0 saturated carbocycles. The van der Waals surface area contributed by atoms with Crippen molar-refractivity contribution < 1.29 is 32.5 Å². The average molecular weight is 289 g/mol. The molecule has 5 nitrogen and oxygen atoms in total. The Morgan fingerprint density at radius 2 is 2.10 bits per heavy atom. The van der Waals surface area contributed by atoms with Crippen molar-refractivity contribution in [2.75, 3.05) is 6.61 Å². The van der Waals surface area contributed by atoms with Crippen molar-refractivity contribution in [3.63, 3.8) is 0 Å². The van der Waals surface area contributed by atoms with Crippen LogP contribution in [-0.2, 0) is 16.0 Å². The lowest BCUT2D eigenvalue weighted by atomic mass is 10.1. The highest BCUT2D eigenvalue weighted by Gasteiger charge is 2.34. The normalized spacial score (nSPS) is 10.8. The van der Waals surface area contributed by atoms with E-state index in [4.69, 9.17) is 5.26 Å². The second-order valence-corrected chi connectivity index (χ2v) is 3.59. The average Bonchev–Trinajstić information content (AvgIpc) is 2.31. The third kappa shape index (κ3) is 4.05. The largest absolute Gasteiger partial charge is 0.573 e. The fourth-order valence-corrected chi connectivity index (χ4v) is 1.46. The fourth-order valence-electron chi connectivity index (χ4n) is 1.46. The number of hydrogen-bond donors (Lipinski definition) is 1. The summed E-state index contributed by atoms with van der Waals surface area (Å²) in [7, 11) is 0. The summed E-state index contributed by atoms with van der Waals surface area (Å²) >= 11 is 0. The van der Waals surface area contributed by atoms with E-state index in [0.717, 1.165) is 12.1 Å². The number of carbonyl (C=O) groups excluding carboxylic acids is 1. The molecule has 8 heteroatoms. The molecule has 1 N–H and O–H groups in total. The summed E-state index contributed by atoms with van der Waals surface area (Å²) < 4.78 is 45.3. The maximum atomic E-state index is 12.3. The summed E-state index contributed by atoms with van der Waals surface area (Å²) in [6.45, 7) is 1.61. The topological polar surface area (TPSA) is 79.5 Å². The summed E-state index contributed by atoms with van der Waals surface area (Å²) in [6, 6.07) is 3.48. The molecule has 0 radical (unpaired) electrons. The van der Waals surface area contributed by atoms with Crippen molar-refractivity contribution in [3.05, 3.63) is 23.3 Å². The first kappa shape index (κ1) is 15.6. The molecule has 20 heavy (non-hydrogen) atoms. The highest BCUT2D eigenvalue weighted by molar-refractivity contribution is 5.74. The van der Waals surface area contributed by atoms with Gasteiger partial charge in [-0.3, -0.25) is 4.79 Å². The molecule has 0 atom stereocenters. The highest BCUT2D eigenvalue weighted by Crippen LogP contribution is 2.35. The van der Waals surface area contributed by atoms with Gasteiger partial charge < -0.3 is 14.6 Å². The van der Waals surface area contributed by atoms with Gasteiger partial charge in [-0.15, -0.1) is 13.2 Å². The predicted molar refractivity (Wildman–Crippen MR) is 59.8 cm³/mol. The van der Waals surface area contributed by atoms with Crippen molar-refractivity contribution >= 4 is 5.97 Å². The van der Waals surface area contributed by atoms with Gasteiger partial charge in [-0.05, 0) is 13.0 Å². The second-order valence-electron chi connectivity index (χ2n) is 3.59. The molecule has 0 fully saturated rings. The molecule has 0 aromatic heterocycles. The quantitative estimate of drug-likeness (QED) is 0.860. The molecule has 0 spiro atoms. The van der Waals surface area contributed by atoms with Crippen LogP contribution < -0.4 is 4.74 Å². The number of esters is 1. The maximum absolute atomic E-state index is 12.3. The van der Waals surface area contributed by atoms with Crippen LogP contribution in [0.1, 0.15) is 18.1 Å². The number of alkyl halides is 3. The van der Waals surface area contributed by atoms with E-state index in [2.05, 4.69) is 9.47 Å². The highest BCUT2D eigenvalue weighted by atomic mass is 19.4. The number of carbonyl (C=O) groups is 1. The van der Waals surface area contributed by atoms with E-state index in [-0.39, 0.29) is 12.2 Å². The number of ether oxygens (including phenoxy) is 2. The predicted octanol–water partition coefficient (Wildman–Crippen LogP) is 2.27. The Labute approximate surface area is 112 Å². The minimum Gasteiger partial charge on any atom is -0.506 e. The maximum Gasteiger partial charge on any atom is 0.573 e. The molecule has 0 saturated heterocycles. The summed E-state index contributed by atoms with van der Waals surface area (Å²) in [6.07, 6.45) is -5.56. The van der Waals surface area contributed by atoms with Gasteiger partial charge in [0.1, 0.15) is 17.4 Å². The van der Waals surface area contributed by atoms with Crippen molar-refractivity contribution in [1.82, 2.24) is 0 Å². The molecule has 0 aliphatic rings. The number of halogens is 3. The molecule has 0 amide bonds. The van der Waals surface area contributed by atoms with Gasteiger partial charge in [0.15, 0.2) is 5.75 Å². The van der Waals surface area contributed by atoms with Crippen LogP contribution in [0.3, 0.4) is 0 Å². The van der Waals surface area contributed by atoms with Gasteiger partial charge >= 0.3 is 12.3 Å². The van der Waals surface area contributed by atoms with E-state index in [1.165, 1.54) is 6.07 Å². The first-order chi connectivity index (χ1) is 9.28. The number of rotatable bonds is 4. The second kappa shape index (κ2) is 6.14. The summed E-state index contributed by atoms with van der Waals surface area (Å²) in [5.74, 6) is -2.33. The molecule has 1 rings (SSSR count). The minimum absolute atomic E-state index is 0.0669. The van der Waals surface area contributed by atoms with Crippen LogP contribution in [0.25, 0.3) is 0 Å². The Kier molecular flexibility index (Phi) is 4.80. The third-order valence-electron chi connectivity index (χ3n) is 2.19. The fraction of sp³-hybridized carbons (Fsp3) is 0.333. The van der Waals surface area contributed by atoms with Gasteiger partial charge in [-0.25, -0.2) is 0 Å². The molecule has 1 aromatic carbocycles. The molecule has 1 aromatic rings. The number of aromatic hydroxyl groups is 1. The molecule has 0 heterocycles. The van der Waals surface area contributed by atoms with Crippen LogP contribution >= 0.6 is 0 Å². The van der Waals surface area contributed by atoms with E-state index in [9.17, 15) is 23.1 Å². The van der Waals surface area contributed by atoms with E-state index in [1.807, 2.05) is 0 Å². The Morgan fingerprint density at radius 3 is 2.60 bits per heavy atom. The van der Waals surface area contributed by atoms with Crippen molar-refractivity contribution in [2.24, 2.45) is 0 Å². The molecule has 0 aliphatic carbocycles. The molecule has 108 valence electrons. The summed E-state index contributed by atoms with van der Waals surface area (Å²) in [4.78, 5) is 11.3. The SMILES string of the molecule is CCOC(=O)Cc1ccc(O)c(C#N)c1OC(F)(F)F. The van der Waals surface area contributed by atoms with Crippen LogP contribution in [0.4, 0.5) is 13.2 Å². The van der Waals surface area contributed by atoms with Crippen LogP contribution in [0.15, 0.2) is 12.1 Å². The Morgan fingerprint density at radius 1 is 1.45 bits per heavy atom. The van der Waals surface area contributed by atoms with E-state index >= 15 is 0 Å². The van der Waals surface area contributed by atoms with Crippen molar-refractivity contribution in [3.8, 4) is 17.6 Å². The molecule has 0 bridgehead atoms. The number of hydrogen-bond acceptors (Lipinski definition) is 5. The zero-order valence-corrected chi connectivity index (χ0v) is 10.3. The monoisotopic (exact) mass is 289 g/mol. The van der Waals surface area contributed by atoms with Gasteiger partial charge in [0, 0.05) is 5.56 Å². The van der Waals surface area contributed by atoms with Crippen molar-refractivity contribution in [2.45, 2.75) is 19.7 Å². The lowest BCUT2D eigenvalue weighted by Crippen LogP contribution is -2.20. The lowest BCUT2D eigenvalue weighted by molar-refractivity contribution is -0.275. The van der Waals surface area contributed by atoms with E-state index < -0.39 is 35.8 Å². The first-order valence-corrected chi connectivity index (χ1v) is 5.44. The van der Waals surface area contributed by atoms with Gasteiger partial charge in [0.2, 0.25) is 0 Å². The minimum atomic E-state index is -5.05. The smallest absolute Gasteiger partial charge is 0.506 e. The first-order valence-electron chi connectivity index (χ1n) is 5.44. The Bertz CT molecular complexity index is 549. The van der Waals surface area contributed by atoms with Gasteiger partial charge in [0.25, 0.3) is 0 Å². The number of nitriles is 1. The van der Waals surface area contributed by atoms with Crippen LogP contribution in [-0.4, -0.2) is 24.0 Å². The lowest BCUT2D eigenvalue weighted by Gasteiger charge is -2.15. The summed E-state index contributed by atoms with van der Waals surface area (Å²) in [5, 5.41) is 18.1.